The molecule has 3 rings (SSSR count). The third kappa shape index (κ3) is 4.04. The lowest BCUT2D eigenvalue weighted by Gasteiger charge is -2.04. The molecule has 0 aliphatic heterocycles. The van der Waals surface area contributed by atoms with E-state index in [9.17, 15) is 0 Å². The van der Waals surface area contributed by atoms with Gasteiger partial charge >= 0.3 is 0 Å². The molecule has 0 atom stereocenters. The van der Waals surface area contributed by atoms with Gasteiger partial charge in [0.05, 0.1) is 14.2 Å². The van der Waals surface area contributed by atoms with Crippen LogP contribution in [0.15, 0.2) is 52.9 Å². The number of nitrogens with zero attached hydrogens (tertiary/aromatic N) is 1. The number of halogens is 1. The SMILES string of the molecule is COc1ccc(-c2nc(CCCBr)oc2-c2ccc(OC)cc2)cc1. The maximum absolute atomic E-state index is 6.08. The summed E-state index contributed by atoms with van der Waals surface area (Å²) in [6.07, 6.45) is 1.77. The zero-order valence-corrected chi connectivity index (χ0v) is 15.9. The van der Waals surface area contributed by atoms with Crippen LogP contribution in [0.1, 0.15) is 12.3 Å². The summed E-state index contributed by atoms with van der Waals surface area (Å²) in [6.45, 7) is 0. The van der Waals surface area contributed by atoms with Gasteiger partial charge in [-0.05, 0) is 55.0 Å². The lowest BCUT2D eigenvalue weighted by atomic mass is 10.1. The highest BCUT2D eigenvalue weighted by Gasteiger charge is 2.17. The van der Waals surface area contributed by atoms with E-state index in [0.29, 0.717) is 0 Å². The molecule has 4 nitrogen and oxygen atoms in total. The van der Waals surface area contributed by atoms with Crippen LogP contribution in [0.3, 0.4) is 0 Å². The van der Waals surface area contributed by atoms with Crippen molar-refractivity contribution >= 4 is 15.9 Å². The maximum Gasteiger partial charge on any atom is 0.195 e. The standard InChI is InChI=1S/C20H20BrNO3/c1-23-16-9-5-14(6-10-16)19-20(25-18(22-19)4-3-13-21)15-7-11-17(24-2)12-8-15/h5-12H,3-4,13H2,1-2H3. The van der Waals surface area contributed by atoms with Crippen LogP contribution in [0.25, 0.3) is 22.6 Å². The smallest absolute Gasteiger partial charge is 0.195 e. The molecule has 0 bridgehead atoms. The molecule has 2 aromatic carbocycles. The van der Waals surface area contributed by atoms with Gasteiger partial charge in [-0.15, -0.1) is 0 Å². The molecule has 0 radical (unpaired) electrons. The predicted octanol–water partition coefficient (Wildman–Crippen LogP) is 5.35. The monoisotopic (exact) mass is 401 g/mol. The molecule has 0 unspecified atom stereocenters. The molecule has 25 heavy (non-hydrogen) atoms. The molecule has 0 N–H and O–H groups in total. The van der Waals surface area contributed by atoms with Crippen molar-refractivity contribution in [3.63, 3.8) is 0 Å². The van der Waals surface area contributed by atoms with Crippen molar-refractivity contribution in [2.75, 3.05) is 19.5 Å². The zero-order chi connectivity index (χ0) is 17.6. The summed E-state index contributed by atoms with van der Waals surface area (Å²) in [5, 5.41) is 0.922. The zero-order valence-electron chi connectivity index (χ0n) is 14.3. The van der Waals surface area contributed by atoms with E-state index >= 15 is 0 Å². The van der Waals surface area contributed by atoms with Crippen molar-refractivity contribution in [2.24, 2.45) is 0 Å². The van der Waals surface area contributed by atoms with E-state index in [1.54, 1.807) is 14.2 Å². The molecule has 130 valence electrons. The van der Waals surface area contributed by atoms with Crippen LogP contribution in [0, 0.1) is 0 Å². The second-order valence-electron chi connectivity index (χ2n) is 5.53. The fourth-order valence-electron chi connectivity index (χ4n) is 2.57. The fraction of sp³-hybridized carbons (Fsp3) is 0.250. The molecule has 3 aromatic rings. The average molecular weight is 402 g/mol. The summed E-state index contributed by atoms with van der Waals surface area (Å²) in [7, 11) is 3.32. The minimum Gasteiger partial charge on any atom is -0.497 e. The van der Waals surface area contributed by atoms with Gasteiger partial charge in [0.25, 0.3) is 0 Å². The van der Waals surface area contributed by atoms with Gasteiger partial charge in [0.15, 0.2) is 11.7 Å². The number of hydrogen-bond donors (Lipinski definition) is 0. The second-order valence-corrected chi connectivity index (χ2v) is 6.33. The van der Waals surface area contributed by atoms with Gasteiger partial charge in [-0.2, -0.15) is 0 Å². The first kappa shape index (κ1) is 17.5. The minimum absolute atomic E-state index is 0.746. The Morgan fingerprint density at radius 3 is 1.96 bits per heavy atom. The molecule has 1 heterocycles. The van der Waals surface area contributed by atoms with Crippen molar-refractivity contribution < 1.29 is 13.9 Å². The summed E-state index contributed by atoms with van der Waals surface area (Å²) in [6, 6.07) is 15.7. The summed E-state index contributed by atoms with van der Waals surface area (Å²) in [5.74, 6) is 3.15. The Kier molecular flexibility index (Phi) is 5.76. The lowest BCUT2D eigenvalue weighted by Crippen LogP contribution is -1.87. The van der Waals surface area contributed by atoms with Crippen molar-refractivity contribution in [3.05, 3.63) is 54.4 Å². The number of methoxy groups -OCH3 is 2. The number of benzene rings is 2. The predicted molar refractivity (Wildman–Crippen MR) is 103 cm³/mol. The van der Waals surface area contributed by atoms with Gasteiger partial charge in [-0.25, -0.2) is 4.98 Å². The van der Waals surface area contributed by atoms with E-state index in [0.717, 1.165) is 58.1 Å². The van der Waals surface area contributed by atoms with E-state index in [-0.39, 0.29) is 0 Å². The molecule has 0 aliphatic carbocycles. The van der Waals surface area contributed by atoms with E-state index in [1.807, 2.05) is 48.5 Å². The van der Waals surface area contributed by atoms with Crippen molar-refractivity contribution in [2.45, 2.75) is 12.8 Å². The van der Waals surface area contributed by atoms with Crippen LogP contribution >= 0.6 is 15.9 Å². The number of hydrogen-bond acceptors (Lipinski definition) is 4. The Hall–Kier alpha value is -2.27. The first-order chi connectivity index (χ1) is 12.2. The largest absolute Gasteiger partial charge is 0.497 e. The molecule has 0 saturated heterocycles. The Bertz CT molecular complexity index is 745. The van der Waals surface area contributed by atoms with Gasteiger partial charge < -0.3 is 13.9 Å². The third-order valence-electron chi connectivity index (χ3n) is 3.91. The lowest BCUT2D eigenvalue weighted by molar-refractivity contribution is 0.414. The summed E-state index contributed by atoms with van der Waals surface area (Å²) < 4.78 is 16.6. The number of alkyl halides is 1. The first-order valence-electron chi connectivity index (χ1n) is 8.09. The first-order valence-corrected chi connectivity index (χ1v) is 9.22. The van der Waals surface area contributed by atoms with E-state index < -0.39 is 0 Å². The molecule has 0 saturated carbocycles. The number of rotatable bonds is 7. The van der Waals surface area contributed by atoms with Gasteiger partial charge in [-0.3, -0.25) is 0 Å². The highest BCUT2D eigenvalue weighted by Crippen LogP contribution is 2.34. The fourth-order valence-corrected chi connectivity index (χ4v) is 2.85. The van der Waals surface area contributed by atoms with Gasteiger partial charge in [-0.1, -0.05) is 15.9 Å². The topological polar surface area (TPSA) is 44.5 Å². The number of aromatic nitrogens is 1. The second kappa shape index (κ2) is 8.21. The Labute approximate surface area is 155 Å². The highest BCUT2D eigenvalue weighted by atomic mass is 79.9. The van der Waals surface area contributed by atoms with E-state index in [1.165, 1.54) is 0 Å². The number of aryl methyl sites for hydroxylation is 1. The van der Waals surface area contributed by atoms with Crippen molar-refractivity contribution in [1.82, 2.24) is 4.98 Å². The van der Waals surface area contributed by atoms with Gasteiger partial charge in [0.2, 0.25) is 0 Å². The summed E-state index contributed by atoms with van der Waals surface area (Å²) >= 11 is 3.46. The van der Waals surface area contributed by atoms with Gasteiger partial charge in [0, 0.05) is 22.9 Å². The average Bonchev–Trinajstić information content (AvgIpc) is 3.10. The number of oxazole rings is 1. The maximum atomic E-state index is 6.08. The Morgan fingerprint density at radius 2 is 1.44 bits per heavy atom. The van der Waals surface area contributed by atoms with E-state index in [4.69, 9.17) is 18.9 Å². The van der Waals surface area contributed by atoms with Crippen LogP contribution in [-0.4, -0.2) is 24.5 Å². The summed E-state index contributed by atoms with van der Waals surface area (Å²) in [4.78, 5) is 4.73. The minimum atomic E-state index is 0.746. The number of ether oxygens (including phenoxy) is 2. The highest BCUT2D eigenvalue weighted by molar-refractivity contribution is 9.09. The van der Waals surface area contributed by atoms with E-state index in [2.05, 4.69) is 15.9 Å². The Balaban J connectivity index is 2.02. The molecule has 1 aromatic heterocycles. The third-order valence-corrected chi connectivity index (χ3v) is 4.47. The van der Waals surface area contributed by atoms with Gasteiger partial charge in [0.1, 0.15) is 17.2 Å². The molecule has 0 fully saturated rings. The molecule has 0 amide bonds. The normalized spacial score (nSPS) is 10.7. The quantitative estimate of drug-likeness (QED) is 0.500. The molecular weight excluding hydrogens is 382 g/mol. The van der Waals surface area contributed by atoms with Crippen LogP contribution < -0.4 is 9.47 Å². The van der Waals surface area contributed by atoms with Crippen LogP contribution in [-0.2, 0) is 6.42 Å². The molecule has 5 heteroatoms. The molecular formula is C20H20BrNO3. The van der Waals surface area contributed by atoms with Crippen molar-refractivity contribution in [3.8, 4) is 34.1 Å². The van der Waals surface area contributed by atoms with Crippen LogP contribution in [0.4, 0.5) is 0 Å². The van der Waals surface area contributed by atoms with Crippen LogP contribution in [0.2, 0.25) is 0 Å². The molecule has 0 aliphatic rings. The van der Waals surface area contributed by atoms with Crippen molar-refractivity contribution in [1.29, 1.82) is 0 Å². The molecule has 0 spiro atoms. The van der Waals surface area contributed by atoms with Crippen LogP contribution in [0.5, 0.6) is 11.5 Å². The summed E-state index contributed by atoms with van der Waals surface area (Å²) in [5.41, 5.74) is 2.82. The Morgan fingerprint density at radius 1 is 0.880 bits per heavy atom.